The number of nitrogens with zero attached hydrogens (tertiary/aromatic N) is 1. The zero-order valence-electron chi connectivity index (χ0n) is 12.8. The normalized spacial score (nSPS) is 14.5. The minimum atomic E-state index is 0.189. The molecule has 0 spiro atoms. The largest absolute Gasteiger partial charge is 0.372 e. The maximum Gasteiger partial charge on any atom is 0.0410 e. The number of nitrogens with two attached hydrogens (primary N) is 1. The van der Waals surface area contributed by atoms with E-state index in [0.29, 0.717) is 12.0 Å². The lowest BCUT2D eigenvalue weighted by atomic mass is 10.0. The molecule has 108 valence electrons. The fourth-order valence-electron chi connectivity index (χ4n) is 2.46. The van der Waals surface area contributed by atoms with Gasteiger partial charge in [0.1, 0.15) is 0 Å². The van der Waals surface area contributed by atoms with Crippen molar-refractivity contribution in [1.82, 2.24) is 0 Å². The summed E-state index contributed by atoms with van der Waals surface area (Å²) in [5, 5.41) is 0. The minimum Gasteiger partial charge on any atom is -0.372 e. The Hall–Kier alpha value is -0.540. The van der Waals surface area contributed by atoms with E-state index in [-0.39, 0.29) is 6.04 Å². The first kappa shape index (κ1) is 16.5. The van der Waals surface area contributed by atoms with Crippen LogP contribution in [0, 0.1) is 5.92 Å². The zero-order chi connectivity index (χ0) is 14.6. The zero-order valence-corrected chi connectivity index (χ0v) is 14.4. The van der Waals surface area contributed by atoms with Crippen LogP contribution < -0.4 is 10.6 Å². The van der Waals surface area contributed by atoms with Crippen molar-refractivity contribution in [2.24, 2.45) is 11.7 Å². The Morgan fingerprint density at radius 3 is 2.37 bits per heavy atom. The van der Waals surface area contributed by atoms with Crippen LogP contribution >= 0.6 is 15.9 Å². The number of halogens is 1. The molecule has 0 bridgehead atoms. The Morgan fingerprint density at radius 1 is 1.21 bits per heavy atom. The molecular formula is C16H27BrN2. The molecule has 0 radical (unpaired) electrons. The van der Waals surface area contributed by atoms with E-state index in [4.69, 9.17) is 5.73 Å². The van der Waals surface area contributed by atoms with Crippen molar-refractivity contribution in [2.45, 2.75) is 52.6 Å². The summed E-state index contributed by atoms with van der Waals surface area (Å²) >= 11 is 3.57. The fraction of sp³-hybridized carbons (Fsp3) is 0.625. The number of hydrogen-bond donors (Lipinski definition) is 1. The quantitative estimate of drug-likeness (QED) is 0.848. The molecule has 0 saturated heterocycles. The summed E-state index contributed by atoms with van der Waals surface area (Å²) in [5.74, 6) is 0.710. The Balaban J connectivity index is 2.98. The average molecular weight is 327 g/mol. The van der Waals surface area contributed by atoms with E-state index in [0.717, 1.165) is 10.9 Å². The summed E-state index contributed by atoms with van der Waals surface area (Å²) in [7, 11) is 2.18. The molecule has 2 atom stereocenters. The lowest BCUT2D eigenvalue weighted by Gasteiger charge is -2.30. The molecule has 3 heteroatoms. The predicted molar refractivity (Wildman–Crippen MR) is 88.8 cm³/mol. The highest BCUT2D eigenvalue weighted by molar-refractivity contribution is 9.10. The molecule has 0 fully saturated rings. The lowest BCUT2D eigenvalue weighted by Crippen LogP contribution is -2.31. The van der Waals surface area contributed by atoms with Crippen LogP contribution in [0.5, 0.6) is 0 Å². The maximum atomic E-state index is 5.96. The average Bonchev–Trinajstić information content (AvgIpc) is 2.29. The van der Waals surface area contributed by atoms with E-state index < -0.39 is 0 Å². The molecule has 2 unspecified atom stereocenters. The van der Waals surface area contributed by atoms with E-state index in [1.807, 2.05) is 0 Å². The number of rotatable bonds is 6. The van der Waals surface area contributed by atoms with Gasteiger partial charge in [0.05, 0.1) is 0 Å². The topological polar surface area (TPSA) is 29.3 Å². The van der Waals surface area contributed by atoms with Crippen LogP contribution in [0.25, 0.3) is 0 Å². The molecule has 2 N–H and O–H groups in total. The van der Waals surface area contributed by atoms with Gasteiger partial charge in [-0.2, -0.15) is 0 Å². The van der Waals surface area contributed by atoms with E-state index >= 15 is 0 Å². The number of hydrogen-bond acceptors (Lipinski definition) is 2. The highest BCUT2D eigenvalue weighted by Gasteiger charge is 2.15. The predicted octanol–water partition coefficient (Wildman–Crippen LogP) is 4.21. The van der Waals surface area contributed by atoms with Crippen molar-refractivity contribution in [1.29, 1.82) is 0 Å². The van der Waals surface area contributed by atoms with E-state index in [9.17, 15) is 0 Å². The van der Waals surface area contributed by atoms with Gasteiger partial charge in [0.15, 0.2) is 0 Å². The van der Waals surface area contributed by atoms with E-state index in [2.05, 4.69) is 73.8 Å². The third-order valence-corrected chi connectivity index (χ3v) is 3.94. The molecular weight excluding hydrogens is 300 g/mol. The van der Waals surface area contributed by atoms with Crippen LogP contribution in [0.4, 0.5) is 5.69 Å². The first-order chi connectivity index (χ1) is 8.81. The van der Waals surface area contributed by atoms with Gasteiger partial charge in [-0.25, -0.2) is 0 Å². The first-order valence-electron chi connectivity index (χ1n) is 7.08. The van der Waals surface area contributed by atoms with Crippen LogP contribution in [-0.4, -0.2) is 19.1 Å². The second kappa shape index (κ2) is 7.30. The third kappa shape index (κ3) is 5.15. The second-order valence-corrected chi connectivity index (χ2v) is 6.96. The van der Waals surface area contributed by atoms with Gasteiger partial charge in [-0.15, -0.1) is 0 Å². The van der Waals surface area contributed by atoms with Crippen LogP contribution in [0.15, 0.2) is 22.7 Å². The third-order valence-electron chi connectivity index (χ3n) is 3.44. The van der Waals surface area contributed by atoms with Crippen molar-refractivity contribution in [3.05, 3.63) is 28.2 Å². The summed E-state index contributed by atoms with van der Waals surface area (Å²) in [5.41, 5.74) is 8.58. The summed E-state index contributed by atoms with van der Waals surface area (Å²) in [6, 6.07) is 7.20. The molecule has 1 aromatic rings. The van der Waals surface area contributed by atoms with Crippen LogP contribution in [-0.2, 0) is 6.42 Å². The van der Waals surface area contributed by atoms with Gasteiger partial charge in [0.25, 0.3) is 0 Å². The molecule has 0 heterocycles. The van der Waals surface area contributed by atoms with Crippen molar-refractivity contribution in [2.75, 3.05) is 11.9 Å². The second-order valence-electron chi connectivity index (χ2n) is 6.04. The molecule has 1 rings (SSSR count). The van der Waals surface area contributed by atoms with Crippen molar-refractivity contribution in [3.63, 3.8) is 0 Å². The lowest BCUT2D eigenvalue weighted by molar-refractivity contribution is 0.503. The Labute approximate surface area is 126 Å². The van der Waals surface area contributed by atoms with Gasteiger partial charge in [-0.05, 0) is 50.3 Å². The van der Waals surface area contributed by atoms with Gasteiger partial charge in [-0.3, -0.25) is 0 Å². The summed E-state index contributed by atoms with van der Waals surface area (Å²) < 4.78 is 1.12. The van der Waals surface area contributed by atoms with Crippen molar-refractivity contribution >= 4 is 21.6 Å². The van der Waals surface area contributed by atoms with Crippen LogP contribution in [0.1, 0.15) is 39.7 Å². The monoisotopic (exact) mass is 326 g/mol. The summed E-state index contributed by atoms with van der Waals surface area (Å²) in [6.45, 7) is 8.89. The van der Waals surface area contributed by atoms with Crippen molar-refractivity contribution < 1.29 is 0 Å². The Bertz CT molecular complexity index is 402. The SMILES string of the molecule is CC(C)CC(C)N(C)c1cc(Br)ccc1CC(C)N. The van der Waals surface area contributed by atoms with Crippen molar-refractivity contribution in [3.8, 4) is 0 Å². The number of anilines is 1. The summed E-state index contributed by atoms with van der Waals surface area (Å²) in [6.07, 6.45) is 2.11. The first-order valence-corrected chi connectivity index (χ1v) is 7.87. The fourth-order valence-corrected chi connectivity index (χ4v) is 2.81. The smallest absolute Gasteiger partial charge is 0.0410 e. The highest BCUT2D eigenvalue weighted by Crippen LogP contribution is 2.28. The molecule has 0 aliphatic heterocycles. The van der Waals surface area contributed by atoms with Crippen LogP contribution in [0.3, 0.4) is 0 Å². The molecule has 1 aromatic carbocycles. The molecule has 2 nitrogen and oxygen atoms in total. The molecule has 0 aliphatic rings. The van der Waals surface area contributed by atoms with Gasteiger partial charge in [-0.1, -0.05) is 35.8 Å². The van der Waals surface area contributed by atoms with E-state index in [1.54, 1.807) is 0 Å². The molecule has 0 amide bonds. The van der Waals surface area contributed by atoms with Crippen LogP contribution in [0.2, 0.25) is 0 Å². The minimum absolute atomic E-state index is 0.189. The van der Waals surface area contributed by atoms with E-state index in [1.165, 1.54) is 17.7 Å². The Kier molecular flexibility index (Phi) is 6.34. The number of benzene rings is 1. The molecule has 0 aromatic heterocycles. The van der Waals surface area contributed by atoms with Gasteiger partial charge < -0.3 is 10.6 Å². The standard InChI is InChI=1S/C16H27BrN2/c1-11(2)8-13(4)19(5)16-10-15(17)7-6-14(16)9-12(3)18/h6-7,10-13H,8-9,18H2,1-5H3. The van der Waals surface area contributed by atoms with Gasteiger partial charge in [0, 0.05) is 29.3 Å². The highest BCUT2D eigenvalue weighted by atomic mass is 79.9. The van der Waals surface area contributed by atoms with Gasteiger partial charge in [0.2, 0.25) is 0 Å². The van der Waals surface area contributed by atoms with Gasteiger partial charge >= 0.3 is 0 Å². The Morgan fingerprint density at radius 2 is 1.84 bits per heavy atom. The summed E-state index contributed by atoms with van der Waals surface area (Å²) in [4.78, 5) is 2.38. The molecule has 0 saturated carbocycles. The molecule has 0 aliphatic carbocycles. The molecule has 19 heavy (non-hydrogen) atoms. The maximum absolute atomic E-state index is 5.96.